The molecular weight excluding hydrogens is 364 g/mol. The van der Waals surface area contributed by atoms with Crippen molar-refractivity contribution in [2.24, 2.45) is 0 Å². The van der Waals surface area contributed by atoms with Crippen LogP contribution in [0.3, 0.4) is 0 Å². The average Bonchev–Trinajstić information content (AvgIpc) is 2.79. The number of rotatable bonds is 5. The molecule has 0 spiro atoms. The van der Waals surface area contributed by atoms with Crippen molar-refractivity contribution in [3.63, 3.8) is 0 Å². The second-order valence-corrected chi connectivity index (χ2v) is 7.37. The topological polar surface area (TPSA) is 55.9 Å². The molecule has 0 radical (unpaired) electrons. The Balaban J connectivity index is 1.30. The van der Waals surface area contributed by atoms with Crippen LogP contribution < -0.4 is 10.4 Å². The van der Waals surface area contributed by atoms with Crippen molar-refractivity contribution < 1.29 is 9.59 Å². The second kappa shape index (κ2) is 8.92. The van der Waals surface area contributed by atoms with Crippen molar-refractivity contribution in [1.29, 1.82) is 0 Å². The summed E-state index contributed by atoms with van der Waals surface area (Å²) in [6.07, 6.45) is 2.95. The molecule has 0 aliphatic carbocycles. The van der Waals surface area contributed by atoms with E-state index in [-0.39, 0.29) is 18.2 Å². The molecule has 6 nitrogen and oxygen atoms in total. The summed E-state index contributed by atoms with van der Waals surface area (Å²) in [5.74, 6) is -0.111. The average molecular weight is 390 g/mol. The van der Waals surface area contributed by atoms with Gasteiger partial charge in [0.25, 0.3) is 5.91 Å². The number of para-hydroxylation sites is 1. The third kappa shape index (κ3) is 4.66. The fourth-order valence-electron chi connectivity index (χ4n) is 3.71. The van der Waals surface area contributed by atoms with Crippen molar-refractivity contribution in [1.82, 2.24) is 15.2 Å². The fraction of sp³-hybridized carbons (Fsp3) is 0.304. The summed E-state index contributed by atoms with van der Waals surface area (Å²) in [6, 6.07) is 19.8. The van der Waals surface area contributed by atoms with Gasteiger partial charge in [-0.1, -0.05) is 48.5 Å². The van der Waals surface area contributed by atoms with E-state index in [0.717, 1.165) is 31.7 Å². The number of carbonyl (C=O) groups is 2. The fourth-order valence-corrected chi connectivity index (χ4v) is 3.71. The van der Waals surface area contributed by atoms with E-state index in [9.17, 15) is 9.59 Å². The minimum Gasteiger partial charge on any atom is -0.335 e. The third-order valence-corrected chi connectivity index (χ3v) is 5.43. The lowest BCUT2D eigenvalue weighted by Gasteiger charge is -2.36. The molecule has 150 valence electrons. The highest BCUT2D eigenvalue weighted by molar-refractivity contribution is 6.01. The highest BCUT2D eigenvalue weighted by Crippen LogP contribution is 2.18. The molecule has 1 N–H and O–H groups in total. The Morgan fingerprint density at radius 3 is 2.24 bits per heavy atom. The van der Waals surface area contributed by atoms with Gasteiger partial charge in [-0.2, -0.15) is 0 Å². The Labute approximate surface area is 171 Å². The predicted octanol–water partition coefficient (Wildman–Crippen LogP) is 2.20. The standard InChI is InChI=1S/C23H26N4O2/c28-22-12-11-21(24-27(22)20-9-5-2-6-10-20)23(29)26-17-15-25(16-18-26)14-13-19-7-3-1-4-8-19/h1-11,24H,12-18H2. The monoisotopic (exact) mass is 390 g/mol. The molecular formula is C23H26N4O2. The van der Waals surface area contributed by atoms with Crippen LogP contribution in [0.4, 0.5) is 5.69 Å². The number of nitrogens with zero attached hydrogens (tertiary/aromatic N) is 3. The number of hydrazine groups is 1. The minimum atomic E-state index is -0.0709. The molecule has 2 aromatic carbocycles. The summed E-state index contributed by atoms with van der Waals surface area (Å²) in [4.78, 5) is 29.5. The molecule has 2 aliphatic heterocycles. The maximum Gasteiger partial charge on any atom is 0.271 e. The van der Waals surface area contributed by atoms with E-state index in [0.29, 0.717) is 18.8 Å². The summed E-state index contributed by atoms with van der Waals surface area (Å²) >= 11 is 0. The minimum absolute atomic E-state index is 0.0406. The van der Waals surface area contributed by atoms with Crippen LogP contribution in [0.1, 0.15) is 12.0 Å². The Kier molecular flexibility index (Phi) is 5.91. The zero-order valence-corrected chi connectivity index (χ0v) is 16.5. The van der Waals surface area contributed by atoms with Crippen molar-refractivity contribution in [3.05, 3.63) is 78.0 Å². The highest BCUT2D eigenvalue weighted by atomic mass is 16.2. The van der Waals surface area contributed by atoms with Gasteiger partial charge in [0.1, 0.15) is 5.70 Å². The van der Waals surface area contributed by atoms with Crippen molar-refractivity contribution >= 4 is 17.5 Å². The Morgan fingerprint density at radius 1 is 0.897 bits per heavy atom. The molecule has 0 bridgehead atoms. The molecule has 2 aliphatic rings. The largest absolute Gasteiger partial charge is 0.335 e. The van der Waals surface area contributed by atoms with Crippen LogP contribution in [0.25, 0.3) is 0 Å². The van der Waals surface area contributed by atoms with Gasteiger partial charge in [0.2, 0.25) is 5.91 Å². The zero-order valence-electron chi connectivity index (χ0n) is 16.5. The van der Waals surface area contributed by atoms with Gasteiger partial charge in [-0.05, 0) is 30.2 Å². The summed E-state index contributed by atoms with van der Waals surface area (Å²) < 4.78 is 0. The predicted molar refractivity (Wildman–Crippen MR) is 113 cm³/mol. The van der Waals surface area contributed by atoms with Gasteiger partial charge >= 0.3 is 0 Å². The molecule has 0 unspecified atom stereocenters. The first-order chi connectivity index (χ1) is 14.2. The normalized spacial score (nSPS) is 17.7. The molecule has 0 aromatic heterocycles. The number of nitrogens with one attached hydrogen (secondary N) is 1. The second-order valence-electron chi connectivity index (χ2n) is 7.37. The zero-order chi connectivity index (χ0) is 20.1. The van der Waals surface area contributed by atoms with Crippen LogP contribution >= 0.6 is 0 Å². The van der Waals surface area contributed by atoms with Gasteiger partial charge in [-0.25, -0.2) is 5.01 Å². The lowest BCUT2D eigenvalue weighted by atomic mass is 10.1. The number of hydrogen-bond donors (Lipinski definition) is 1. The van der Waals surface area contributed by atoms with Gasteiger partial charge in [-0.3, -0.25) is 19.9 Å². The van der Waals surface area contributed by atoms with Crippen LogP contribution in [0.15, 0.2) is 72.4 Å². The number of hydrogen-bond acceptors (Lipinski definition) is 4. The number of piperazine rings is 1. The molecule has 4 rings (SSSR count). The SMILES string of the molecule is O=C(C1=CCC(=O)N(c2ccccc2)N1)N1CCN(CCc2ccccc2)CC1. The van der Waals surface area contributed by atoms with Gasteiger partial charge in [0, 0.05) is 39.1 Å². The lowest BCUT2D eigenvalue weighted by molar-refractivity contribution is -0.129. The van der Waals surface area contributed by atoms with Crippen LogP contribution in [0.2, 0.25) is 0 Å². The van der Waals surface area contributed by atoms with E-state index < -0.39 is 0 Å². The van der Waals surface area contributed by atoms with Crippen molar-refractivity contribution in [2.75, 3.05) is 37.7 Å². The molecule has 29 heavy (non-hydrogen) atoms. The molecule has 0 atom stereocenters. The van der Waals surface area contributed by atoms with Crippen molar-refractivity contribution in [2.45, 2.75) is 12.8 Å². The first-order valence-corrected chi connectivity index (χ1v) is 10.1. The maximum absolute atomic E-state index is 13.0. The van der Waals surface area contributed by atoms with Gasteiger partial charge in [0.15, 0.2) is 0 Å². The number of amides is 2. The molecule has 2 amide bonds. The molecule has 1 saturated heterocycles. The number of carbonyl (C=O) groups excluding carboxylic acids is 2. The highest BCUT2D eigenvalue weighted by Gasteiger charge is 2.28. The smallest absolute Gasteiger partial charge is 0.271 e. The first-order valence-electron chi connectivity index (χ1n) is 10.1. The molecule has 1 fully saturated rings. The van der Waals surface area contributed by atoms with Crippen LogP contribution in [0, 0.1) is 0 Å². The van der Waals surface area contributed by atoms with E-state index in [1.807, 2.05) is 41.3 Å². The van der Waals surface area contributed by atoms with Crippen LogP contribution in [0.5, 0.6) is 0 Å². The summed E-state index contributed by atoms with van der Waals surface area (Å²) in [5.41, 5.74) is 5.57. The van der Waals surface area contributed by atoms with E-state index in [1.54, 1.807) is 6.08 Å². The summed E-state index contributed by atoms with van der Waals surface area (Å²) in [7, 11) is 0. The van der Waals surface area contributed by atoms with Gasteiger partial charge in [0.05, 0.1) is 5.69 Å². The first kappa shape index (κ1) is 19.2. The summed E-state index contributed by atoms with van der Waals surface area (Å²) in [5, 5.41) is 1.46. The molecule has 2 aromatic rings. The quantitative estimate of drug-likeness (QED) is 0.851. The van der Waals surface area contributed by atoms with Crippen molar-refractivity contribution in [3.8, 4) is 0 Å². The van der Waals surface area contributed by atoms with E-state index in [4.69, 9.17) is 0 Å². The van der Waals surface area contributed by atoms with E-state index in [2.05, 4.69) is 34.6 Å². The van der Waals surface area contributed by atoms with Gasteiger partial charge < -0.3 is 4.90 Å². The lowest BCUT2D eigenvalue weighted by Crippen LogP contribution is -2.53. The maximum atomic E-state index is 13.0. The Bertz CT molecular complexity index is 874. The van der Waals surface area contributed by atoms with Gasteiger partial charge in [-0.15, -0.1) is 0 Å². The Morgan fingerprint density at radius 2 is 1.55 bits per heavy atom. The molecule has 2 heterocycles. The van der Waals surface area contributed by atoms with E-state index >= 15 is 0 Å². The number of benzene rings is 2. The number of anilines is 1. The molecule has 0 saturated carbocycles. The molecule has 6 heteroatoms. The summed E-state index contributed by atoms with van der Waals surface area (Å²) in [6.45, 7) is 4.14. The van der Waals surface area contributed by atoms with E-state index in [1.165, 1.54) is 10.6 Å². The third-order valence-electron chi connectivity index (χ3n) is 5.43. The van der Waals surface area contributed by atoms with Crippen LogP contribution in [-0.4, -0.2) is 54.3 Å². The Hall–Kier alpha value is -3.12. The van der Waals surface area contributed by atoms with Crippen LogP contribution in [-0.2, 0) is 16.0 Å².